The molecule has 1 unspecified atom stereocenters. The Hall–Kier alpha value is -1.39. The molecule has 1 amide bonds. The van der Waals surface area contributed by atoms with Crippen LogP contribution in [0.25, 0.3) is 0 Å². The molecule has 0 fully saturated rings. The molecule has 1 N–H and O–H groups in total. The van der Waals surface area contributed by atoms with E-state index < -0.39 is 0 Å². The Bertz CT molecular complexity index is 833. The maximum absolute atomic E-state index is 12.4. The molecule has 3 heterocycles. The van der Waals surface area contributed by atoms with E-state index in [1.54, 1.807) is 22.4 Å². The fourth-order valence-corrected chi connectivity index (χ4v) is 5.26. The molecule has 2 aromatic heterocycles. The Kier molecular flexibility index (Phi) is 5.80. The quantitative estimate of drug-likeness (QED) is 0.455. The van der Waals surface area contributed by atoms with Gasteiger partial charge in [-0.2, -0.15) is 0 Å². The second kappa shape index (κ2) is 7.88. The van der Waals surface area contributed by atoms with Gasteiger partial charge >= 0.3 is 0 Å². The number of fused-ring (bicyclic) bond motifs is 1. The third kappa shape index (κ3) is 4.24. The summed E-state index contributed by atoms with van der Waals surface area (Å²) in [6, 6.07) is 1.39. The molecule has 0 radical (unpaired) electrons. The molecule has 1 atom stereocenters. The molecule has 0 aliphatic carbocycles. The lowest BCUT2D eigenvalue weighted by molar-refractivity contribution is -0.116. The molecule has 10 heteroatoms. The lowest BCUT2D eigenvalue weighted by Crippen LogP contribution is -2.28. The van der Waals surface area contributed by atoms with E-state index in [0.717, 1.165) is 15.8 Å². The molecule has 0 saturated heterocycles. The van der Waals surface area contributed by atoms with Gasteiger partial charge in [0.15, 0.2) is 9.50 Å². The van der Waals surface area contributed by atoms with Gasteiger partial charge in [0.05, 0.1) is 11.7 Å². The van der Waals surface area contributed by atoms with E-state index >= 15 is 0 Å². The molecule has 1 aliphatic heterocycles. The number of nitrogens with zero attached hydrogens (tertiary/aromatic N) is 4. The van der Waals surface area contributed by atoms with Gasteiger partial charge in [-0.05, 0) is 11.7 Å². The minimum absolute atomic E-state index is 0.0888. The number of amides is 1. The molecular weight excluding hydrogens is 378 g/mol. The van der Waals surface area contributed by atoms with Crippen LogP contribution in [-0.4, -0.2) is 37.2 Å². The summed E-state index contributed by atoms with van der Waals surface area (Å²) in [4.78, 5) is 29.3. The van der Waals surface area contributed by atoms with Gasteiger partial charge in [-0.3, -0.25) is 14.2 Å². The number of hydrogen-bond acceptors (Lipinski definition) is 8. The molecule has 134 valence electrons. The third-order valence-corrected chi connectivity index (χ3v) is 6.59. The SMILES string of the molecule is CCSc1nnc(NC(=O)CC2CSc3nc(C(C)C)cc(=O)n32)s1. The lowest BCUT2D eigenvalue weighted by atomic mass is 10.1. The number of carbonyl (C=O) groups excluding carboxylic acids is 1. The summed E-state index contributed by atoms with van der Waals surface area (Å²) in [7, 11) is 0. The number of rotatable bonds is 6. The van der Waals surface area contributed by atoms with E-state index in [-0.39, 0.29) is 29.8 Å². The van der Waals surface area contributed by atoms with Crippen molar-refractivity contribution >= 4 is 45.9 Å². The van der Waals surface area contributed by atoms with Gasteiger partial charge in [0.1, 0.15) is 0 Å². The van der Waals surface area contributed by atoms with Crippen LogP contribution < -0.4 is 10.9 Å². The van der Waals surface area contributed by atoms with Crippen molar-refractivity contribution in [1.82, 2.24) is 19.7 Å². The van der Waals surface area contributed by atoms with Crippen LogP contribution >= 0.6 is 34.9 Å². The van der Waals surface area contributed by atoms with Crippen LogP contribution in [0.15, 0.2) is 20.4 Å². The molecular formula is C15H19N5O2S3. The second-order valence-corrected chi connectivity index (χ2v) is 9.33. The number of nitrogens with one attached hydrogen (secondary N) is 1. The summed E-state index contributed by atoms with van der Waals surface area (Å²) in [5.74, 6) is 1.62. The molecule has 7 nitrogen and oxygen atoms in total. The molecule has 2 aromatic rings. The van der Waals surface area contributed by atoms with E-state index in [9.17, 15) is 9.59 Å². The van der Waals surface area contributed by atoms with Gasteiger partial charge in [0.25, 0.3) is 5.56 Å². The van der Waals surface area contributed by atoms with Crippen molar-refractivity contribution in [2.75, 3.05) is 16.8 Å². The highest BCUT2D eigenvalue weighted by Gasteiger charge is 2.28. The smallest absolute Gasteiger partial charge is 0.254 e. The number of anilines is 1. The van der Waals surface area contributed by atoms with Crippen LogP contribution in [0.3, 0.4) is 0 Å². The first-order chi connectivity index (χ1) is 12.0. The highest BCUT2D eigenvalue weighted by Crippen LogP contribution is 2.33. The maximum atomic E-state index is 12.4. The van der Waals surface area contributed by atoms with Gasteiger partial charge in [-0.1, -0.05) is 55.6 Å². The van der Waals surface area contributed by atoms with Gasteiger partial charge in [-0.25, -0.2) is 4.98 Å². The minimum Gasteiger partial charge on any atom is -0.300 e. The highest BCUT2D eigenvalue weighted by atomic mass is 32.2. The Labute approximate surface area is 158 Å². The van der Waals surface area contributed by atoms with Crippen LogP contribution in [0.1, 0.15) is 44.8 Å². The first-order valence-electron chi connectivity index (χ1n) is 8.00. The van der Waals surface area contributed by atoms with Crippen molar-refractivity contribution in [3.63, 3.8) is 0 Å². The van der Waals surface area contributed by atoms with Crippen molar-refractivity contribution < 1.29 is 4.79 Å². The van der Waals surface area contributed by atoms with Crippen molar-refractivity contribution in [2.45, 2.75) is 48.6 Å². The zero-order valence-electron chi connectivity index (χ0n) is 14.2. The minimum atomic E-state index is -0.182. The van der Waals surface area contributed by atoms with Gasteiger partial charge in [0.2, 0.25) is 11.0 Å². The van der Waals surface area contributed by atoms with Crippen LogP contribution in [0.2, 0.25) is 0 Å². The summed E-state index contributed by atoms with van der Waals surface area (Å²) in [6.45, 7) is 6.06. The average molecular weight is 398 g/mol. The summed E-state index contributed by atoms with van der Waals surface area (Å²) in [5.41, 5.74) is 0.706. The Morgan fingerprint density at radius 1 is 1.48 bits per heavy atom. The molecule has 3 rings (SSSR count). The van der Waals surface area contributed by atoms with Crippen molar-refractivity contribution in [2.24, 2.45) is 0 Å². The topological polar surface area (TPSA) is 89.8 Å². The fourth-order valence-electron chi connectivity index (χ4n) is 2.44. The Morgan fingerprint density at radius 2 is 2.28 bits per heavy atom. The summed E-state index contributed by atoms with van der Waals surface area (Å²) in [5, 5.41) is 12.0. The third-order valence-electron chi connectivity index (χ3n) is 3.64. The van der Waals surface area contributed by atoms with Gasteiger partial charge in [0, 0.05) is 18.2 Å². The van der Waals surface area contributed by atoms with Crippen molar-refractivity contribution in [1.29, 1.82) is 0 Å². The molecule has 0 spiro atoms. The van der Waals surface area contributed by atoms with Crippen LogP contribution in [0.4, 0.5) is 5.13 Å². The first-order valence-corrected chi connectivity index (χ1v) is 10.8. The summed E-state index contributed by atoms with van der Waals surface area (Å²) in [6.07, 6.45) is 0.221. The lowest BCUT2D eigenvalue weighted by Gasteiger charge is -2.13. The van der Waals surface area contributed by atoms with Crippen LogP contribution in [-0.2, 0) is 4.79 Å². The van der Waals surface area contributed by atoms with E-state index in [4.69, 9.17) is 0 Å². The Balaban J connectivity index is 1.69. The van der Waals surface area contributed by atoms with Crippen LogP contribution in [0.5, 0.6) is 0 Å². The predicted octanol–water partition coefficient (Wildman–Crippen LogP) is 3.01. The average Bonchev–Trinajstić information content (AvgIpc) is 3.15. The summed E-state index contributed by atoms with van der Waals surface area (Å²) < 4.78 is 2.47. The molecule has 25 heavy (non-hydrogen) atoms. The van der Waals surface area contributed by atoms with Crippen molar-refractivity contribution in [3.8, 4) is 0 Å². The van der Waals surface area contributed by atoms with E-state index in [1.165, 1.54) is 23.1 Å². The van der Waals surface area contributed by atoms with E-state index in [2.05, 4.69) is 20.5 Å². The zero-order valence-corrected chi connectivity index (χ0v) is 16.6. The van der Waals surface area contributed by atoms with Gasteiger partial charge < -0.3 is 5.32 Å². The highest BCUT2D eigenvalue weighted by molar-refractivity contribution is 8.01. The molecule has 1 aliphatic rings. The van der Waals surface area contributed by atoms with E-state index in [0.29, 0.717) is 16.0 Å². The number of hydrogen-bond donors (Lipinski definition) is 1. The Morgan fingerprint density at radius 3 is 3.00 bits per heavy atom. The van der Waals surface area contributed by atoms with E-state index in [1.807, 2.05) is 20.8 Å². The number of aromatic nitrogens is 4. The first kappa shape index (κ1) is 18.4. The molecule has 0 bridgehead atoms. The summed E-state index contributed by atoms with van der Waals surface area (Å²) >= 11 is 4.47. The van der Waals surface area contributed by atoms with Gasteiger partial charge in [-0.15, -0.1) is 10.2 Å². The fraction of sp³-hybridized carbons (Fsp3) is 0.533. The molecule has 0 aromatic carbocycles. The number of thioether (sulfide) groups is 2. The normalized spacial score (nSPS) is 16.2. The number of carbonyl (C=O) groups is 1. The largest absolute Gasteiger partial charge is 0.300 e. The zero-order chi connectivity index (χ0) is 18.0. The standard InChI is InChI=1S/C15H19N5O2S3/c1-4-23-15-19-18-13(25-15)17-11(21)5-9-7-24-14-16-10(8(2)3)6-12(22)20(9)14/h6,8-9H,4-5,7H2,1-3H3,(H,17,18,21). The van der Waals surface area contributed by atoms with Crippen molar-refractivity contribution in [3.05, 3.63) is 22.1 Å². The second-order valence-electron chi connectivity index (χ2n) is 5.85. The monoisotopic (exact) mass is 397 g/mol. The molecule has 0 saturated carbocycles. The van der Waals surface area contributed by atoms with Crippen LogP contribution in [0, 0.1) is 0 Å². The maximum Gasteiger partial charge on any atom is 0.254 e. The predicted molar refractivity (Wildman–Crippen MR) is 102 cm³/mol.